The summed E-state index contributed by atoms with van der Waals surface area (Å²) >= 11 is 0. The van der Waals surface area contributed by atoms with Gasteiger partial charge in [-0.3, -0.25) is 9.48 Å². The Morgan fingerprint density at radius 3 is 2.43 bits per heavy atom. The fourth-order valence-electron chi connectivity index (χ4n) is 3.71. The Hall–Kier alpha value is -2.93. The van der Waals surface area contributed by atoms with Crippen LogP contribution in [-0.4, -0.2) is 35.6 Å². The average molecular weight is 424 g/mol. The van der Waals surface area contributed by atoms with E-state index in [1.807, 2.05) is 55.5 Å². The van der Waals surface area contributed by atoms with Crippen LogP contribution in [0, 0.1) is 6.92 Å². The van der Waals surface area contributed by atoms with Crippen molar-refractivity contribution < 1.29 is 13.2 Å². The minimum absolute atomic E-state index is 0.0487. The van der Waals surface area contributed by atoms with Crippen molar-refractivity contribution in [2.75, 3.05) is 16.8 Å². The molecule has 1 amide bonds. The highest BCUT2D eigenvalue weighted by Gasteiger charge is 2.32. The first-order valence-electron chi connectivity index (χ1n) is 10.1. The van der Waals surface area contributed by atoms with E-state index in [-0.39, 0.29) is 29.1 Å². The zero-order valence-electron chi connectivity index (χ0n) is 17.1. The standard InChI is InChI=1S/C23H25N3O3S/c1-3-17-6-10-19(11-7-17)24-23(27)21-14-22(18-8-4-16(2)5-9-18)26(25-21)20-12-13-30(28,29)15-20/h4-11,14,20H,3,12-13,15H2,1-2H3,(H,24,27)/t20-/m0/s1. The number of rotatable bonds is 5. The summed E-state index contributed by atoms with van der Waals surface area (Å²) in [6.07, 6.45) is 1.44. The molecule has 1 fully saturated rings. The van der Waals surface area contributed by atoms with Crippen LogP contribution >= 0.6 is 0 Å². The molecular weight excluding hydrogens is 398 g/mol. The number of hydrogen-bond donors (Lipinski definition) is 1. The summed E-state index contributed by atoms with van der Waals surface area (Å²) in [7, 11) is -3.08. The zero-order chi connectivity index (χ0) is 21.3. The summed E-state index contributed by atoms with van der Waals surface area (Å²) in [5, 5.41) is 7.41. The van der Waals surface area contributed by atoms with E-state index in [0.29, 0.717) is 12.1 Å². The van der Waals surface area contributed by atoms with E-state index in [2.05, 4.69) is 17.3 Å². The predicted octanol–water partition coefficient (Wildman–Crippen LogP) is 4.03. The van der Waals surface area contributed by atoms with Crippen LogP contribution in [0.2, 0.25) is 0 Å². The van der Waals surface area contributed by atoms with Crippen molar-refractivity contribution in [3.05, 3.63) is 71.4 Å². The number of nitrogens with one attached hydrogen (secondary N) is 1. The molecule has 1 aliphatic rings. The van der Waals surface area contributed by atoms with Gasteiger partial charge >= 0.3 is 0 Å². The molecule has 2 heterocycles. The third-order valence-corrected chi connectivity index (χ3v) is 7.24. The van der Waals surface area contributed by atoms with Crippen molar-refractivity contribution in [2.24, 2.45) is 0 Å². The van der Waals surface area contributed by atoms with Gasteiger partial charge in [0.2, 0.25) is 0 Å². The van der Waals surface area contributed by atoms with Crippen LogP contribution in [0.5, 0.6) is 0 Å². The van der Waals surface area contributed by atoms with E-state index in [0.717, 1.165) is 23.2 Å². The van der Waals surface area contributed by atoms with Gasteiger partial charge in [-0.05, 0) is 49.1 Å². The van der Waals surface area contributed by atoms with Crippen molar-refractivity contribution in [3.8, 4) is 11.3 Å². The molecule has 0 spiro atoms. The molecule has 0 saturated carbocycles. The monoisotopic (exact) mass is 423 g/mol. The first-order valence-corrected chi connectivity index (χ1v) is 11.9. The number of benzene rings is 2. The lowest BCUT2D eigenvalue weighted by atomic mass is 10.1. The quantitative estimate of drug-likeness (QED) is 0.672. The number of hydrogen-bond acceptors (Lipinski definition) is 4. The van der Waals surface area contributed by atoms with Gasteiger partial charge in [-0.25, -0.2) is 8.42 Å². The highest BCUT2D eigenvalue weighted by Crippen LogP contribution is 2.30. The van der Waals surface area contributed by atoms with Crippen molar-refractivity contribution >= 4 is 21.4 Å². The second-order valence-electron chi connectivity index (χ2n) is 7.79. The van der Waals surface area contributed by atoms with Crippen molar-refractivity contribution in [1.82, 2.24) is 9.78 Å². The Balaban J connectivity index is 1.67. The minimum atomic E-state index is -3.08. The van der Waals surface area contributed by atoms with E-state index >= 15 is 0 Å². The van der Waals surface area contributed by atoms with Crippen LogP contribution < -0.4 is 5.32 Å². The topological polar surface area (TPSA) is 81.1 Å². The van der Waals surface area contributed by atoms with Gasteiger partial charge in [0.05, 0.1) is 23.2 Å². The highest BCUT2D eigenvalue weighted by atomic mass is 32.2. The molecule has 7 heteroatoms. The number of aryl methyl sites for hydroxylation is 2. The Morgan fingerprint density at radius 2 is 1.83 bits per heavy atom. The number of anilines is 1. The number of aromatic nitrogens is 2. The van der Waals surface area contributed by atoms with Gasteiger partial charge in [-0.15, -0.1) is 0 Å². The summed E-state index contributed by atoms with van der Waals surface area (Å²) in [6.45, 7) is 4.09. The molecule has 6 nitrogen and oxygen atoms in total. The van der Waals surface area contributed by atoms with E-state index in [1.165, 1.54) is 5.56 Å². The second kappa shape index (κ2) is 8.07. The Morgan fingerprint density at radius 1 is 1.13 bits per heavy atom. The van der Waals surface area contributed by atoms with Crippen molar-refractivity contribution in [1.29, 1.82) is 0 Å². The van der Waals surface area contributed by atoms with Crippen LogP contribution in [0.4, 0.5) is 5.69 Å². The fourth-order valence-corrected chi connectivity index (χ4v) is 5.40. The molecule has 4 rings (SSSR count). The van der Waals surface area contributed by atoms with Crippen LogP contribution in [0.3, 0.4) is 0 Å². The lowest BCUT2D eigenvalue weighted by molar-refractivity contribution is 0.102. The molecule has 0 aliphatic carbocycles. The maximum absolute atomic E-state index is 12.9. The molecule has 0 radical (unpaired) electrons. The molecule has 1 aromatic heterocycles. The zero-order valence-corrected chi connectivity index (χ0v) is 17.9. The maximum Gasteiger partial charge on any atom is 0.276 e. The van der Waals surface area contributed by atoms with Crippen LogP contribution in [0.1, 0.15) is 41.0 Å². The highest BCUT2D eigenvalue weighted by molar-refractivity contribution is 7.91. The van der Waals surface area contributed by atoms with Gasteiger partial charge in [0, 0.05) is 5.69 Å². The first kappa shape index (κ1) is 20.3. The lowest BCUT2D eigenvalue weighted by Crippen LogP contribution is -2.16. The Labute approximate surface area is 176 Å². The molecular formula is C23H25N3O3S. The van der Waals surface area contributed by atoms with Gasteiger partial charge in [0.15, 0.2) is 15.5 Å². The number of amides is 1. The van der Waals surface area contributed by atoms with Gasteiger partial charge < -0.3 is 5.32 Å². The molecule has 2 aromatic carbocycles. The molecule has 156 valence electrons. The van der Waals surface area contributed by atoms with Crippen molar-refractivity contribution in [2.45, 2.75) is 32.7 Å². The van der Waals surface area contributed by atoms with Gasteiger partial charge in [0.1, 0.15) is 0 Å². The fraction of sp³-hybridized carbons (Fsp3) is 0.304. The van der Waals surface area contributed by atoms with Crippen LogP contribution in [0.25, 0.3) is 11.3 Å². The van der Waals surface area contributed by atoms with Gasteiger partial charge in [-0.2, -0.15) is 5.10 Å². The van der Waals surface area contributed by atoms with Crippen LogP contribution in [-0.2, 0) is 16.3 Å². The molecule has 1 atom stereocenters. The van der Waals surface area contributed by atoms with Gasteiger partial charge in [-0.1, -0.05) is 48.9 Å². The van der Waals surface area contributed by atoms with E-state index in [1.54, 1.807) is 10.7 Å². The summed E-state index contributed by atoms with van der Waals surface area (Å²) in [6, 6.07) is 17.1. The van der Waals surface area contributed by atoms with Crippen molar-refractivity contribution in [3.63, 3.8) is 0 Å². The third kappa shape index (κ3) is 4.31. The van der Waals surface area contributed by atoms with E-state index in [9.17, 15) is 13.2 Å². The third-order valence-electron chi connectivity index (χ3n) is 5.49. The number of nitrogens with zero attached hydrogens (tertiary/aromatic N) is 2. The summed E-state index contributed by atoms with van der Waals surface area (Å²) < 4.78 is 25.8. The van der Waals surface area contributed by atoms with Crippen LogP contribution in [0.15, 0.2) is 54.6 Å². The van der Waals surface area contributed by atoms with Gasteiger partial charge in [0.25, 0.3) is 5.91 Å². The summed E-state index contributed by atoms with van der Waals surface area (Å²) in [5.74, 6) is -0.115. The number of carbonyl (C=O) groups excluding carboxylic acids is 1. The Bertz CT molecular complexity index is 1160. The summed E-state index contributed by atoms with van der Waals surface area (Å²) in [5.41, 5.74) is 4.96. The minimum Gasteiger partial charge on any atom is -0.321 e. The molecule has 0 bridgehead atoms. The number of carbonyl (C=O) groups is 1. The number of sulfone groups is 1. The second-order valence-corrected chi connectivity index (χ2v) is 10.0. The SMILES string of the molecule is CCc1ccc(NC(=O)c2cc(-c3ccc(C)cc3)n([C@H]3CCS(=O)(=O)C3)n2)cc1. The molecule has 1 aliphatic heterocycles. The largest absolute Gasteiger partial charge is 0.321 e. The molecule has 30 heavy (non-hydrogen) atoms. The van der Waals surface area contributed by atoms with E-state index < -0.39 is 9.84 Å². The average Bonchev–Trinajstić information content (AvgIpc) is 3.32. The Kier molecular flexibility index (Phi) is 5.47. The summed E-state index contributed by atoms with van der Waals surface area (Å²) in [4.78, 5) is 12.9. The molecule has 0 unspecified atom stereocenters. The predicted molar refractivity (Wildman–Crippen MR) is 118 cm³/mol. The first-order chi connectivity index (χ1) is 14.3. The molecule has 1 N–H and O–H groups in total. The molecule has 3 aromatic rings. The van der Waals surface area contributed by atoms with E-state index in [4.69, 9.17) is 0 Å². The smallest absolute Gasteiger partial charge is 0.276 e. The lowest BCUT2D eigenvalue weighted by Gasteiger charge is -2.13. The normalized spacial score (nSPS) is 17.7. The molecule has 1 saturated heterocycles. The maximum atomic E-state index is 12.9.